The number of carbonyl (C=O) groups is 1. The maximum Gasteiger partial charge on any atom is 0.318 e. The molecular formula is C15H19N3O2S. The lowest BCUT2D eigenvalue weighted by Gasteiger charge is -2.21. The topological polar surface area (TPSA) is 58.4 Å². The van der Waals surface area contributed by atoms with E-state index in [-0.39, 0.29) is 6.03 Å². The minimum absolute atomic E-state index is 0.0443. The van der Waals surface area contributed by atoms with Crippen LogP contribution in [0, 0.1) is 13.8 Å². The van der Waals surface area contributed by atoms with Crippen molar-refractivity contribution in [3.8, 4) is 0 Å². The zero-order chi connectivity index (χ0) is 14.8. The van der Waals surface area contributed by atoms with Crippen LogP contribution in [0.3, 0.4) is 0 Å². The lowest BCUT2D eigenvalue weighted by atomic mass is 10.4. The number of hydrogen-bond donors (Lipinski definition) is 1. The summed E-state index contributed by atoms with van der Waals surface area (Å²) >= 11 is 1.60. The molecule has 1 N–H and O–H groups in total. The van der Waals surface area contributed by atoms with Gasteiger partial charge < -0.3 is 14.6 Å². The average molecular weight is 305 g/mol. The van der Waals surface area contributed by atoms with Gasteiger partial charge in [0.1, 0.15) is 11.5 Å². The second-order valence-electron chi connectivity index (χ2n) is 5.39. The molecular weight excluding hydrogens is 286 g/mol. The molecule has 21 heavy (non-hydrogen) atoms. The second kappa shape index (κ2) is 5.89. The number of carbonyl (C=O) groups excluding carboxylic acids is 1. The van der Waals surface area contributed by atoms with Crippen LogP contribution in [-0.4, -0.2) is 22.0 Å². The molecule has 1 saturated carbocycles. The number of amides is 2. The minimum Gasteiger partial charge on any atom is -0.464 e. The van der Waals surface area contributed by atoms with Crippen molar-refractivity contribution < 1.29 is 9.21 Å². The first kappa shape index (κ1) is 14.1. The summed E-state index contributed by atoms with van der Waals surface area (Å²) in [5.74, 6) is 1.71. The predicted octanol–water partition coefficient (Wildman–Crippen LogP) is 3.23. The molecule has 0 spiro atoms. The van der Waals surface area contributed by atoms with Crippen LogP contribution in [0.2, 0.25) is 0 Å². The SMILES string of the molecule is Cc1ccc(CN(C(=O)NCc2csc(C)n2)C2CC2)o1. The fourth-order valence-corrected chi connectivity index (χ4v) is 2.86. The first-order valence-electron chi connectivity index (χ1n) is 7.12. The molecule has 2 aromatic heterocycles. The van der Waals surface area contributed by atoms with Crippen molar-refractivity contribution >= 4 is 17.4 Å². The standard InChI is InChI=1S/C15H19N3O2S/c1-10-3-6-14(20-10)8-18(13-4-5-13)15(19)16-7-12-9-21-11(2)17-12/h3,6,9,13H,4-5,7-8H2,1-2H3,(H,16,19). The van der Waals surface area contributed by atoms with Gasteiger partial charge in [-0.3, -0.25) is 0 Å². The molecule has 6 heteroatoms. The Bertz CT molecular complexity index is 630. The van der Waals surface area contributed by atoms with Crippen molar-refractivity contribution in [1.82, 2.24) is 15.2 Å². The highest BCUT2D eigenvalue weighted by Gasteiger charge is 2.33. The van der Waals surface area contributed by atoms with Crippen molar-refractivity contribution in [3.63, 3.8) is 0 Å². The van der Waals surface area contributed by atoms with Gasteiger partial charge in [0, 0.05) is 11.4 Å². The summed E-state index contributed by atoms with van der Waals surface area (Å²) in [7, 11) is 0. The number of aryl methyl sites for hydroxylation is 2. The highest BCUT2D eigenvalue weighted by Crippen LogP contribution is 2.28. The van der Waals surface area contributed by atoms with E-state index >= 15 is 0 Å². The zero-order valence-electron chi connectivity index (χ0n) is 12.3. The normalized spacial score (nSPS) is 14.2. The van der Waals surface area contributed by atoms with Crippen molar-refractivity contribution in [2.45, 2.75) is 45.8 Å². The van der Waals surface area contributed by atoms with E-state index in [9.17, 15) is 4.79 Å². The van der Waals surface area contributed by atoms with Crippen molar-refractivity contribution in [1.29, 1.82) is 0 Å². The van der Waals surface area contributed by atoms with Gasteiger partial charge >= 0.3 is 6.03 Å². The summed E-state index contributed by atoms with van der Waals surface area (Å²) in [6, 6.07) is 4.16. The van der Waals surface area contributed by atoms with E-state index in [2.05, 4.69) is 10.3 Å². The zero-order valence-corrected chi connectivity index (χ0v) is 13.1. The Morgan fingerprint density at radius 1 is 1.48 bits per heavy atom. The third kappa shape index (κ3) is 3.64. The Balaban J connectivity index is 1.59. The number of furan rings is 1. The molecule has 0 aliphatic heterocycles. The number of rotatable bonds is 5. The Morgan fingerprint density at radius 3 is 2.86 bits per heavy atom. The van der Waals surface area contributed by atoms with Crippen LogP contribution in [0.25, 0.3) is 0 Å². The number of nitrogens with zero attached hydrogens (tertiary/aromatic N) is 2. The highest BCUT2D eigenvalue weighted by atomic mass is 32.1. The molecule has 5 nitrogen and oxygen atoms in total. The van der Waals surface area contributed by atoms with Gasteiger partial charge in [-0.05, 0) is 38.8 Å². The smallest absolute Gasteiger partial charge is 0.318 e. The van der Waals surface area contributed by atoms with Crippen LogP contribution in [0.15, 0.2) is 21.9 Å². The summed E-state index contributed by atoms with van der Waals surface area (Å²) in [6.45, 7) is 4.88. The minimum atomic E-state index is -0.0443. The first-order valence-corrected chi connectivity index (χ1v) is 8.00. The van der Waals surface area contributed by atoms with Crippen LogP contribution < -0.4 is 5.32 Å². The fourth-order valence-electron chi connectivity index (χ4n) is 2.25. The summed E-state index contributed by atoms with van der Waals surface area (Å²) in [5.41, 5.74) is 0.912. The summed E-state index contributed by atoms with van der Waals surface area (Å²) < 4.78 is 5.58. The number of aromatic nitrogens is 1. The number of hydrogen-bond acceptors (Lipinski definition) is 4. The van der Waals surface area contributed by atoms with E-state index < -0.39 is 0 Å². The molecule has 0 saturated heterocycles. The maximum absolute atomic E-state index is 12.4. The second-order valence-corrected chi connectivity index (χ2v) is 6.45. The molecule has 2 amide bonds. The van der Waals surface area contributed by atoms with Gasteiger partial charge in [0.05, 0.1) is 23.8 Å². The molecule has 3 rings (SSSR count). The van der Waals surface area contributed by atoms with Crippen LogP contribution in [0.5, 0.6) is 0 Å². The van der Waals surface area contributed by atoms with E-state index in [1.807, 2.05) is 36.3 Å². The molecule has 2 aromatic rings. The van der Waals surface area contributed by atoms with Gasteiger partial charge in [-0.1, -0.05) is 0 Å². The number of urea groups is 1. The lowest BCUT2D eigenvalue weighted by molar-refractivity contribution is 0.186. The quantitative estimate of drug-likeness (QED) is 0.922. The molecule has 1 aliphatic carbocycles. The highest BCUT2D eigenvalue weighted by molar-refractivity contribution is 7.09. The molecule has 0 atom stereocenters. The van der Waals surface area contributed by atoms with Crippen LogP contribution >= 0.6 is 11.3 Å². The molecule has 2 heterocycles. The van der Waals surface area contributed by atoms with Gasteiger partial charge in [-0.15, -0.1) is 11.3 Å². The van der Waals surface area contributed by atoms with Gasteiger partial charge in [-0.25, -0.2) is 9.78 Å². The number of nitrogens with one attached hydrogen (secondary N) is 1. The first-order chi connectivity index (χ1) is 10.1. The lowest BCUT2D eigenvalue weighted by Crippen LogP contribution is -2.40. The van der Waals surface area contributed by atoms with Crippen LogP contribution in [0.1, 0.15) is 35.1 Å². The molecule has 1 aliphatic rings. The Hall–Kier alpha value is -1.82. The fraction of sp³-hybridized carbons (Fsp3) is 0.467. The van der Waals surface area contributed by atoms with Crippen molar-refractivity contribution in [2.75, 3.05) is 0 Å². The molecule has 1 fully saturated rings. The van der Waals surface area contributed by atoms with Gasteiger partial charge in [0.2, 0.25) is 0 Å². The summed E-state index contributed by atoms with van der Waals surface area (Å²) in [4.78, 5) is 18.6. The molecule has 0 unspecified atom stereocenters. The van der Waals surface area contributed by atoms with Gasteiger partial charge in [0.15, 0.2) is 0 Å². The molecule has 0 bridgehead atoms. The van der Waals surface area contributed by atoms with Crippen molar-refractivity contribution in [3.05, 3.63) is 39.7 Å². The van der Waals surface area contributed by atoms with Crippen molar-refractivity contribution in [2.24, 2.45) is 0 Å². The van der Waals surface area contributed by atoms with E-state index in [1.54, 1.807) is 11.3 Å². The third-order valence-corrected chi connectivity index (χ3v) is 4.28. The average Bonchev–Trinajstić information content (AvgIpc) is 3.09. The Morgan fingerprint density at radius 2 is 2.29 bits per heavy atom. The number of thiazole rings is 1. The van der Waals surface area contributed by atoms with E-state index in [4.69, 9.17) is 4.42 Å². The van der Waals surface area contributed by atoms with Gasteiger partial charge in [-0.2, -0.15) is 0 Å². The molecule has 0 radical (unpaired) electrons. The molecule has 112 valence electrons. The summed E-state index contributed by atoms with van der Waals surface area (Å²) in [5, 5.41) is 5.95. The van der Waals surface area contributed by atoms with Crippen LogP contribution in [0.4, 0.5) is 4.79 Å². The predicted molar refractivity (Wildman–Crippen MR) is 81.1 cm³/mol. The monoisotopic (exact) mass is 305 g/mol. The maximum atomic E-state index is 12.4. The van der Waals surface area contributed by atoms with Gasteiger partial charge in [0.25, 0.3) is 0 Å². The third-order valence-electron chi connectivity index (χ3n) is 3.46. The van der Waals surface area contributed by atoms with E-state index in [0.29, 0.717) is 19.1 Å². The Kier molecular flexibility index (Phi) is 3.96. The largest absolute Gasteiger partial charge is 0.464 e. The molecule has 0 aromatic carbocycles. The van der Waals surface area contributed by atoms with E-state index in [0.717, 1.165) is 35.1 Å². The summed E-state index contributed by atoms with van der Waals surface area (Å²) in [6.07, 6.45) is 2.14. The Labute approximate surface area is 128 Å². The van der Waals surface area contributed by atoms with Crippen LogP contribution in [-0.2, 0) is 13.1 Å². The van der Waals surface area contributed by atoms with E-state index in [1.165, 1.54) is 0 Å².